The molecule has 0 N–H and O–H groups in total. The van der Waals surface area contributed by atoms with E-state index in [4.69, 9.17) is 11.6 Å². The van der Waals surface area contributed by atoms with E-state index in [2.05, 4.69) is 10.2 Å². The van der Waals surface area contributed by atoms with E-state index in [1.807, 2.05) is 36.4 Å². The average Bonchev–Trinajstić information content (AvgIpc) is 2.98. The fourth-order valence-corrected chi connectivity index (χ4v) is 2.77. The summed E-state index contributed by atoms with van der Waals surface area (Å²) in [5.41, 5.74) is 2.33. The highest BCUT2D eigenvalue weighted by Gasteiger charge is 2.10. The number of carbonyl (C=O) groups excluding carboxylic acids is 1. The van der Waals surface area contributed by atoms with E-state index in [1.165, 1.54) is 11.3 Å². The number of rotatable bonds is 3. The molecule has 0 spiro atoms. The molecular formula is C15H9ClN2OS. The lowest BCUT2D eigenvalue weighted by Crippen LogP contribution is -1.88. The van der Waals surface area contributed by atoms with Crippen molar-refractivity contribution in [3.63, 3.8) is 0 Å². The Morgan fingerprint density at radius 2 is 1.55 bits per heavy atom. The van der Waals surface area contributed by atoms with Crippen LogP contribution in [-0.2, 0) is 0 Å². The summed E-state index contributed by atoms with van der Waals surface area (Å²) in [6.45, 7) is 0. The molecule has 0 aliphatic carbocycles. The lowest BCUT2D eigenvalue weighted by Gasteiger charge is -1.97. The molecule has 98 valence electrons. The minimum atomic E-state index is -0.473. The maximum atomic E-state index is 11.2. The van der Waals surface area contributed by atoms with Crippen LogP contribution in [0, 0.1) is 0 Å². The van der Waals surface area contributed by atoms with Gasteiger partial charge in [-0.25, -0.2) is 0 Å². The van der Waals surface area contributed by atoms with Crippen molar-refractivity contribution in [2.75, 3.05) is 0 Å². The third-order valence-corrected chi connectivity index (χ3v) is 4.02. The minimum Gasteiger partial charge on any atom is -0.276 e. The van der Waals surface area contributed by atoms with Gasteiger partial charge in [0, 0.05) is 16.7 Å². The van der Waals surface area contributed by atoms with Crippen molar-refractivity contribution in [2.24, 2.45) is 0 Å². The van der Waals surface area contributed by atoms with E-state index >= 15 is 0 Å². The molecule has 2 aromatic carbocycles. The smallest absolute Gasteiger partial charge is 0.252 e. The van der Waals surface area contributed by atoms with E-state index in [0.29, 0.717) is 5.56 Å². The molecular weight excluding hydrogens is 292 g/mol. The molecule has 0 atom stereocenters. The van der Waals surface area contributed by atoms with Gasteiger partial charge < -0.3 is 0 Å². The van der Waals surface area contributed by atoms with E-state index in [-0.39, 0.29) is 0 Å². The average molecular weight is 301 g/mol. The van der Waals surface area contributed by atoms with Crippen LogP contribution in [0.15, 0.2) is 54.6 Å². The van der Waals surface area contributed by atoms with Crippen molar-refractivity contribution in [3.05, 3.63) is 60.2 Å². The molecule has 3 rings (SSSR count). The molecule has 20 heavy (non-hydrogen) atoms. The molecule has 0 unspecified atom stereocenters. The molecule has 0 bridgehead atoms. The van der Waals surface area contributed by atoms with Crippen molar-refractivity contribution >= 4 is 28.2 Å². The Morgan fingerprint density at radius 1 is 0.900 bits per heavy atom. The lowest BCUT2D eigenvalue weighted by atomic mass is 10.1. The molecule has 0 amide bonds. The summed E-state index contributed by atoms with van der Waals surface area (Å²) in [6.07, 6.45) is 0. The van der Waals surface area contributed by atoms with Crippen LogP contribution in [-0.4, -0.2) is 15.4 Å². The highest BCUT2D eigenvalue weighted by Crippen LogP contribution is 2.30. The first kappa shape index (κ1) is 13.0. The highest BCUT2D eigenvalue weighted by atomic mass is 35.5. The highest BCUT2D eigenvalue weighted by molar-refractivity contribution is 7.17. The molecule has 3 aromatic rings. The Labute approximate surface area is 124 Å². The molecule has 5 heteroatoms. The van der Waals surface area contributed by atoms with Gasteiger partial charge in [0.1, 0.15) is 10.0 Å². The molecule has 0 saturated carbocycles. The second-order valence-electron chi connectivity index (χ2n) is 4.13. The van der Waals surface area contributed by atoms with Crippen molar-refractivity contribution < 1.29 is 4.79 Å². The molecule has 0 radical (unpaired) electrons. The number of carbonyl (C=O) groups is 1. The van der Waals surface area contributed by atoms with Gasteiger partial charge in [-0.2, -0.15) is 0 Å². The van der Waals surface area contributed by atoms with Gasteiger partial charge in [0.05, 0.1) is 0 Å². The van der Waals surface area contributed by atoms with Gasteiger partial charge in [-0.05, 0) is 17.7 Å². The summed E-state index contributed by atoms with van der Waals surface area (Å²) in [5.74, 6) is 0. The van der Waals surface area contributed by atoms with Crippen molar-refractivity contribution in [1.82, 2.24) is 10.2 Å². The first-order chi connectivity index (χ1) is 9.74. The molecule has 0 aliphatic heterocycles. The van der Waals surface area contributed by atoms with E-state index in [0.717, 1.165) is 21.1 Å². The predicted octanol–water partition coefficient (Wildman–Crippen LogP) is 4.25. The van der Waals surface area contributed by atoms with Crippen LogP contribution in [0.4, 0.5) is 0 Å². The molecule has 0 aliphatic rings. The Balaban J connectivity index is 1.98. The van der Waals surface area contributed by atoms with Crippen LogP contribution in [0.25, 0.3) is 21.1 Å². The van der Waals surface area contributed by atoms with Crippen LogP contribution >= 0.6 is 22.9 Å². The van der Waals surface area contributed by atoms with Gasteiger partial charge in [0.25, 0.3) is 5.24 Å². The first-order valence-electron chi connectivity index (χ1n) is 5.93. The second-order valence-corrected chi connectivity index (χ2v) is 5.45. The Morgan fingerprint density at radius 3 is 2.25 bits per heavy atom. The summed E-state index contributed by atoms with van der Waals surface area (Å²) < 4.78 is 0. The van der Waals surface area contributed by atoms with Crippen LogP contribution in [0.3, 0.4) is 0 Å². The summed E-state index contributed by atoms with van der Waals surface area (Å²) in [4.78, 5) is 11.2. The summed E-state index contributed by atoms with van der Waals surface area (Å²) in [5, 5.41) is 9.51. The molecule has 0 saturated heterocycles. The van der Waals surface area contributed by atoms with E-state index < -0.39 is 5.24 Å². The van der Waals surface area contributed by atoms with E-state index in [1.54, 1.807) is 18.2 Å². The van der Waals surface area contributed by atoms with Gasteiger partial charge in [-0.1, -0.05) is 59.9 Å². The molecule has 1 heterocycles. The number of nitrogens with zero attached hydrogens (tertiary/aromatic N) is 2. The number of halogens is 1. The van der Waals surface area contributed by atoms with Gasteiger partial charge in [-0.15, -0.1) is 10.2 Å². The SMILES string of the molecule is O=C(Cl)c1cccc(-c2nnc(-c3ccccc3)s2)c1. The third kappa shape index (κ3) is 2.61. The van der Waals surface area contributed by atoms with Crippen LogP contribution in [0.1, 0.15) is 10.4 Å². The topological polar surface area (TPSA) is 42.9 Å². The summed E-state index contributed by atoms with van der Waals surface area (Å²) in [6, 6.07) is 16.9. The Kier molecular flexibility index (Phi) is 3.58. The van der Waals surface area contributed by atoms with Crippen molar-refractivity contribution in [2.45, 2.75) is 0 Å². The number of aromatic nitrogens is 2. The largest absolute Gasteiger partial charge is 0.276 e. The van der Waals surface area contributed by atoms with Gasteiger partial charge in [0.15, 0.2) is 0 Å². The Hall–Kier alpha value is -2.04. The maximum Gasteiger partial charge on any atom is 0.252 e. The van der Waals surface area contributed by atoms with Crippen molar-refractivity contribution in [1.29, 1.82) is 0 Å². The zero-order valence-electron chi connectivity index (χ0n) is 10.3. The van der Waals surface area contributed by atoms with Gasteiger partial charge in [-0.3, -0.25) is 4.79 Å². The first-order valence-corrected chi connectivity index (χ1v) is 7.13. The second kappa shape index (κ2) is 5.53. The predicted molar refractivity (Wildman–Crippen MR) is 81.0 cm³/mol. The number of benzene rings is 2. The normalized spacial score (nSPS) is 10.4. The zero-order valence-corrected chi connectivity index (χ0v) is 11.9. The third-order valence-electron chi connectivity index (χ3n) is 2.78. The fourth-order valence-electron chi connectivity index (χ4n) is 1.81. The summed E-state index contributed by atoms with van der Waals surface area (Å²) in [7, 11) is 0. The van der Waals surface area contributed by atoms with E-state index in [9.17, 15) is 4.79 Å². The van der Waals surface area contributed by atoms with Crippen molar-refractivity contribution in [3.8, 4) is 21.1 Å². The quantitative estimate of drug-likeness (QED) is 0.679. The fraction of sp³-hybridized carbons (Fsp3) is 0. The summed E-state index contributed by atoms with van der Waals surface area (Å²) >= 11 is 6.98. The monoisotopic (exact) mass is 300 g/mol. The van der Waals surface area contributed by atoms with Crippen LogP contribution < -0.4 is 0 Å². The maximum absolute atomic E-state index is 11.2. The number of hydrogen-bond acceptors (Lipinski definition) is 4. The lowest BCUT2D eigenvalue weighted by molar-refractivity contribution is 0.108. The number of hydrogen-bond donors (Lipinski definition) is 0. The molecule has 3 nitrogen and oxygen atoms in total. The zero-order chi connectivity index (χ0) is 13.9. The Bertz CT molecular complexity index is 755. The minimum absolute atomic E-state index is 0.459. The van der Waals surface area contributed by atoms with Gasteiger partial charge >= 0.3 is 0 Å². The standard InChI is InChI=1S/C15H9ClN2OS/c16-13(19)11-7-4-8-12(9-11)15-18-17-14(20-15)10-5-2-1-3-6-10/h1-9H. The van der Waals surface area contributed by atoms with Crippen LogP contribution in [0.2, 0.25) is 0 Å². The van der Waals surface area contributed by atoms with Gasteiger partial charge in [0.2, 0.25) is 0 Å². The molecule has 1 aromatic heterocycles. The van der Waals surface area contributed by atoms with Crippen LogP contribution in [0.5, 0.6) is 0 Å². The molecule has 0 fully saturated rings.